The third kappa shape index (κ3) is 7.71. The lowest BCUT2D eigenvalue weighted by Crippen LogP contribution is -2.18. The van der Waals surface area contributed by atoms with Gasteiger partial charge in [-0.15, -0.1) is 0 Å². The summed E-state index contributed by atoms with van der Waals surface area (Å²) >= 11 is 0. The van der Waals surface area contributed by atoms with E-state index in [0.717, 1.165) is 25.7 Å². The highest BCUT2D eigenvalue weighted by molar-refractivity contribution is 5.20. The fraction of sp³-hybridized carbons (Fsp3) is 0.833. The van der Waals surface area contributed by atoms with Crippen LogP contribution in [0.4, 0.5) is 0 Å². The first-order chi connectivity index (χ1) is 13.0. The molecular formula is C24H43NO2. The van der Waals surface area contributed by atoms with Crippen molar-refractivity contribution in [3.05, 3.63) is 23.8 Å². The van der Waals surface area contributed by atoms with Crippen molar-refractivity contribution in [2.24, 2.45) is 17.8 Å². The number of hydrogen-bond acceptors (Lipinski definition) is 3. The van der Waals surface area contributed by atoms with Crippen molar-refractivity contribution in [3.8, 4) is 0 Å². The van der Waals surface area contributed by atoms with E-state index in [0.29, 0.717) is 11.8 Å². The molecule has 0 aromatic rings. The van der Waals surface area contributed by atoms with Gasteiger partial charge in [0.15, 0.2) is 0 Å². The Labute approximate surface area is 167 Å². The number of hydrogen-bond donors (Lipinski definition) is 2. The third-order valence-electron chi connectivity index (χ3n) is 6.46. The molecule has 27 heavy (non-hydrogen) atoms. The molecule has 0 amide bonds. The number of aliphatic hydroxyl groups is 2. The summed E-state index contributed by atoms with van der Waals surface area (Å²) in [5.41, 5.74) is 1.62. The van der Waals surface area contributed by atoms with Crippen molar-refractivity contribution in [2.45, 2.75) is 89.8 Å². The fourth-order valence-corrected chi connectivity index (χ4v) is 4.88. The molecule has 0 unspecified atom stereocenters. The Morgan fingerprint density at radius 2 is 1.93 bits per heavy atom. The van der Waals surface area contributed by atoms with Crippen LogP contribution in [0.3, 0.4) is 0 Å². The Morgan fingerprint density at radius 3 is 2.67 bits per heavy atom. The predicted molar refractivity (Wildman–Crippen MR) is 115 cm³/mol. The normalized spacial score (nSPS) is 28.9. The summed E-state index contributed by atoms with van der Waals surface area (Å²) in [4.78, 5) is 2.26. The van der Waals surface area contributed by atoms with Crippen molar-refractivity contribution in [3.63, 3.8) is 0 Å². The number of nitrogens with zero attached hydrogens (tertiary/aromatic N) is 1. The summed E-state index contributed by atoms with van der Waals surface area (Å²) in [6.45, 7) is 3.38. The van der Waals surface area contributed by atoms with Gasteiger partial charge in [0.25, 0.3) is 0 Å². The lowest BCUT2D eigenvalue weighted by Gasteiger charge is -2.19. The van der Waals surface area contributed by atoms with Crippen LogP contribution in [-0.4, -0.2) is 48.0 Å². The molecule has 0 heterocycles. The maximum absolute atomic E-state index is 10.5. The van der Waals surface area contributed by atoms with E-state index in [1.165, 1.54) is 51.5 Å². The molecule has 3 nitrogen and oxygen atoms in total. The molecule has 2 aliphatic rings. The van der Waals surface area contributed by atoms with Crippen molar-refractivity contribution in [1.82, 2.24) is 4.90 Å². The highest BCUT2D eigenvalue weighted by Gasteiger charge is 2.43. The van der Waals surface area contributed by atoms with Gasteiger partial charge in [-0.25, -0.2) is 0 Å². The zero-order valence-corrected chi connectivity index (χ0v) is 17.9. The minimum absolute atomic E-state index is 0.227. The molecular weight excluding hydrogens is 334 g/mol. The van der Waals surface area contributed by atoms with Crippen LogP contribution >= 0.6 is 0 Å². The summed E-state index contributed by atoms with van der Waals surface area (Å²) in [6, 6.07) is 0. The second-order valence-corrected chi connectivity index (χ2v) is 9.15. The molecule has 3 heteroatoms. The Kier molecular flexibility index (Phi) is 10.1. The van der Waals surface area contributed by atoms with Crippen molar-refractivity contribution >= 4 is 0 Å². The predicted octanol–water partition coefficient (Wildman–Crippen LogP) is 4.94. The lowest BCUT2D eigenvalue weighted by molar-refractivity contribution is 0.139. The van der Waals surface area contributed by atoms with E-state index >= 15 is 0 Å². The Hall–Kier alpha value is -0.640. The van der Waals surface area contributed by atoms with Gasteiger partial charge in [-0.2, -0.15) is 0 Å². The Balaban J connectivity index is 1.70. The summed E-state index contributed by atoms with van der Waals surface area (Å²) in [7, 11) is 4.29. The van der Waals surface area contributed by atoms with Gasteiger partial charge in [-0.05, 0) is 71.0 Å². The van der Waals surface area contributed by atoms with Crippen LogP contribution < -0.4 is 0 Å². The Morgan fingerprint density at radius 1 is 1.15 bits per heavy atom. The van der Waals surface area contributed by atoms with Crippen LogP contribution in [0.2, 0.25) is 0 Å². The smallest absolute Gasteiger partial charge is 0.0721 e. The van der Waals surface area contributed by atoms with E-state index in [2.05, 4.69) is 38.1 Å². The average molecular weight is 378 g/mol. The molecule has 1 saturated carbocycles. The average Bonchev–Trinajstić information content (AvgIpc) is 3.12. The minimum Gasteiger partial charge on any atom is -0.392 e. The highest BCUT2D eigenvalue weighted by atomic mass is 16.3. The molecule has 0 aromatic carbocycles. The first-order valence-corrected chi connectivity index (χ1v) is 11.4. The minimum atomic E-state index is -0.348. The fourth-order valence-electron chi connectivity index (χ4n) is 4.88. The van der Waals surface area contributed by atoms with Gasteiger partial charge in [0.05, 0.1) is 12.2 Å². The second-order valence-electron chi connectivity index (χ2n) is 9.15. The summed E-state index contributed by atoms with van der Waals surface area (Å²) < 4.78 is 0. The number of aliphatic hydroxyl groups excluding tert-OH is 2. The van der Waals surface area contributed by atoms with Crippen molar-refractivity contribution in [1.29, 1.82) is 0 Å². The molecule has 0 radical (unpaired) electrons. The van der Waals surface area contributed by atoms with Gasteiger partial charge >= 0.3 is 0 Å². The van der Waals surface area contributed by atoms with E-state index < -0.39 is 0 Å². The topological polar surface area (TPSA) is 43.7 Å². The van der Waals surface area contributed by atoms with E-state index in [4.69, 9.17) is 0 Å². The van der Waals surface area contributed by atoms with Gasteiger partial charge < -0.3 is 15.1 Å². The molecule has 5 atom stereocenters. The van der Waals surface area contributed by atoms with E-state index in [1.807, 2.05) is 6.08 Å². The number of allylic oxidation sites excluding steroid dienone is 2. The van der Waals surface area contributed by atoms with Gasteiger partial charge in [0, 0.05) is 5.92 Å². The van der Waals surface area contributed by atoms with Crippen LogP contribution in [-0.2, 0) is 0 Å². The van der Waals surface area contributed by atoms with Crippen molar-refractivity contribution in [2.75, 3.05) is 20.6 Å². The van der Waals surface area contributed by atoms with Gasteiger partial charge in [-0.1, -0.05) is 62.8 Å². The van der Waals surface area contributed by atoms with Crippen LogP contribution in [0.5, 0.6) is 0 Å². The molecule has 2 aliphatic carbocycles. The monoisotopic (exact) mass is 377 g/mol. The molecule has 156 valence electrons. The van der Waals surface area contributed by atoms with Crippen LogP contribution in [0, 0.1) is 17.8 Å². The van der Waals surface area contributed by atoms with E-state index in [1.54, 1.807) is 5.57 Å². The summed E-state index contributed by atoms with van der Waals surface area (Å²) in [6.07, 6.45) is 18.8. The molecule has 0 spiro atoms. The van der Waals surface area contributed by atoms with Crippen molar-refractivity contribution < 1.29 is 10.2 Å². The first-order valence-electron chi connectivity index (χ1n) is 11.4. The summed E-state index contributed by atoms with van der Waals surface area (Å²) in [5.74, 6) is 1.34. The van der Waals surface area contributed by atoms with Crippen LogP contribution in [0.15, 0.2) is 23.8 Å². The van der Waals surface area contributed by atoms with E-state index in [-0.39, 0.29) is 18.1 Å². The van der Waals surface area contributed by atoms with Gasteiger partial charge in [0.1, 0.15) is 0 Å². The number of fused-ring (bicyclic) bond motifs is 1. The second kappa shape index (κ2) is 12.0. The quantitative estimate of drug-likeness (QED) is 0.353. The number of rotatable bonds is 13. The largest absolute Gasteiger partial charge is 0.392 e. The van der Waals surface area contributed by atoms with Crippen LogP contribution in [0.25, 0.3) is 0 Å². The zero-order chi connectivity index (χ0) is 19.6. The lowest BCUT2D eigenvalue weighted by atomic mass is 9.88. The summed E-state index contributed by atoms with van der Waals surface area (Å²) in [5, 5.41) is 20.6. The molecule has 0 bridgehead atoms. The van der Waals surface area contributed by atoms with Gasteiger partial charge in [0.2, 0.25) is 0 Å². The van der Waals surface area contributed by atoms with E-state index in [9.17, 15) is 10.2 Å². The molecule has 0 aromatic heterocycles. The SMILES string of the molecule is CCCCC[C@H](O)C=C[C@@H]1[C@H]2CC(CCCCCCN(C)C)=C[C@H]2C[C@H]1O. The zero-order valence-electron chi connectivity index (χ0n) is 17.9. The van der Waals surface area contributed by atoms with Crippen LogP contribution in [0.1, 0.15) is 77.6 Å². The third-order valence-corrected chi connectivity index (χ3v) is 6.46. The maximum Gasteiger partial charge on any atom is 0.0721 e. The Bertz CT molecular complexity index is 471. The molecule has 1 fully saturated rings. The molecule has 0 saturated heterocycles. The number of unbranched alkanes of at least 4 members (excludes halogenated alkanes) is 5. The standard InChI is InChI=1S/C24H43NO2/c1-4-5-8-12-21(26)13-14-22-23-17-19(16-20(23)18-24(22)27)11-9-6-7-10-15-25(2)3/h13-14,16,20-24,26-27H,4-12,15,17-18H2,1-3H3/t20-,21-,22+,23-,24+/m0/s1. The maximum atomic E-state index is 10.5. The van der Waals surface area contributed by atoms with Gasteiger partial charge in [-0.3, -0.25) is 0 Å². The molecule has 2 rings (SSSR count). The first kappa shape index (κ1) is 22.6. The molecule has 2 N–H and O–H groups in total. The molecule has 0 aliphatic heterocycles. The highest BCUT2D eigenvalue weighted by Crippen LogP contribution is 2.48.